The van der Waals surface area contributed by atoms with E-state index in [0.29, 0.717) is 34.5 Å². The van der Waals surface area contributed by atoms with Crippen molar-refractivity contribution in [1.82, 2.24) is 10.3 Å². The van der Waals surface area contributed by atoms with Gasteiger partial charge >= 0.3 is 0 Å². The Labute approximate surface area is 120 Å². The normalized spacial score (nSPS) is 10.5. The highest BCUT2D eigenvalue weighted by atomic mass is 35.5. The first-order valence-electron chi connectivity index (χ1n) is 5.70. The SMILES string of the molecule is Cc1nc(CCNC(=O)c2ccc(Cl)cc2Cl)co1. The van der Waals surface area contributed by atoms with Crippen LogP contribution >= 0.6 is 23.2 Å². The average Bonchev–Trinajstić information content (AvgIpc) is 2.75. The van der Waals surface area contributed by atoms with Crippen molar-refractivity contribution in [2.75, 3.05) is 6.54 Å². The Morgan fingerprint density at radius 2 is 2.21 bits per heavy atom. The number of carbonyl (C=O) groups excluding carboxylic acids is 1. The number of oxazole rings is 1. The quantitative estimate of drug-likeness (QED) is 0.942. The number of amides is 1. The Hall–Kier alpha value is -1.52. The Bertz CT molecular complexity index is 596. The van der Waals surface area contributed by atoms with Gasteiger partial charge in [0.1, 0.15) is 6.26 Å². The molecule has 0 spiro atoms. The zero-order valence-electron chi connectivity index (χ0n) is 10.2. The van der Waals surface area contributed by atoms with Crippen LogP contribution in [-0.2, 0) is 6.42 Å². The first-order valence-corrected chi connectivity index (χ1v) is 6.46. The molecule has 6 heteroatoms. The molecular formula is C13H12Cl2N2O2. The van der Waals surface area contributed by atoms with Crippen LogP contribution in [0.2, 0.25) is 10.0 Å². The van der Waals surface area contributed by atoms with Gasteiger partial charge in [0.05, 0.1) is 16.3 Å². The first kappa shape index (κ1) is 13.9. The molecule has 2 aromatic rings. The summed E-state index contributed by atoms with van der Waals surface area (Å²) < 4.78 is 5.08. The molecule has 1 heterocycles. The minimum Gasteiger partial charge on any atom is -0.449 e. The molecule has 1 amide bonds. The van der Waals surface area contributed by atoms with Crippen LogP contribution in [-0.4, -0.2) is 17.4 Å². The van der Waals surface area contributed by atoms with E-state index >= 15 is 0 Å². The lowest BCUT2D eigenvalue weighted by Gasteiger charge is -2.06. The average molecular weight is 299 g/mol. The van der Waals surface area contributed by atoms with E-state index in [4.69, 9.17) is 27.6 Å². The van der Waals surface area contributed by atoms with E-state index in [2.05, 4.69) is 10.3 Å². The third-order valence-electron chi connectivity index (χ3n) is 2.51. The molecule has 0 saturated heterocycles. The maximum absolute atomic E-state index is 11.9. The van der Waals surface area contributed by atoms with Gasteiger partial charge in [0.15, 0.2) is 5.89 Å². The van der Waals surface area contributed by atoms with E-state index in [1.807, 2.05) is 0 Å². The lowest BCUT2D eigenvalue weighted by Crippen LogP contribution is -2.26. The Morgan fingerprint density at radius 3 is 2.84 bits per heavy atom. The van der Waals surface area contributed by atoms with Gasteiger partial charge < -0.3 is 9.73 Å². The third kappa shape index (κ3) is 3.72. The van der Waals surface area contributed by atoms with Crippen LogP contribution in [0.25, 0.3) is 0 Å². The maximum atomic E-state index is 11.9. The number of aryl methyl sites for hydroxylation is 1. The van der Waals surface area contributed by atoms with Crippen LogP contribution in [0.5, 0.6) is 0 Å². The summed E-state index contributed by atoms with van der Waals surface area (Å²) in [7, 11) is 0. The van der Waals surface area contributed by atoms with Crippen molar-refractivity contribution in [1.29, 1.82) is 0 Å². The minimum atomic E-state index is -0.234. The van der Waals surface area contributed by atoms with Gasteiger partial charge in [-0.1, -0.05) is 23.2 Å². The molecule has 19 heavy (non-hydrogen) atoms. The molecule has 0 aliphatic heterocycles. The summed E-state index contributed by atoms with van der Waals surface area (Å²) in [5.41, 5.74) is 1.21. The van der Waals surface area contributed by atoms with Crippen molar-refractivity contribution < 1.29 is 9.21 Å². The summed E-state index contributed by atoms with van der Waals surface area (Å²) in [5.74, 6) is 0.379. The molecule has 0 unspecified atom stereocenters. The Morgan fingerprint density at radius 1 is 1.42 bits per heavy atom. The molecule has 0 radical (unpaired) electrons. The number of halogens is 2. The van der Waals surface area contributed by atoms with Crippen LogP contribution in [0.3, 0.4) is 0 Å². The van der Waals surface area contributed by atoms with Gasteiger partial charge in [-0.3, -0.25) is 4.79 Å². The maximum Gasteiger partial charge on any atom is 0.252 e. The van der Waals surface area contributed by atoms with E-state index in [0.717, 1.165) is 5.69 Å². The number of carbonyl (C=O) groups is 1. The van der Waals surface area contributed by atoms with Crippen molar-refractivity contribution in [2.24, 2.45) is 0 Å². The highest BCUT2D eigenvalue weighted by molar-refractivity contribution is 6.36. The van der Waals surface area contributed by atoms with Crippen LogP contribution in [0, 0.1) is 6.92 Å². The molecule has 0 saturated carbocycles. The summed E-state index contributed by atoms with van der Waals surface area (Å²) >= 11 is 11.7. The molecule has 1 N–H and O–H groups in total. The molecule has 0 aliphatic rings. The third-order valence-corrected chi connectivity index (χ3v) is 3.06. The van der Waals surface area contributed by atoms with E-state index in [9.17, 15) is 4.79 Å². The standard InChI is InChI=1S/C13H12Cl2N2O2/c1-8-17-10(7-19-8)4-5-16-13(18)11-3-2-9(14)6-12(11)15/h2-3,6-7H,4-5H2,1H3,(H,16,18). The second-order valence-corrected chi connectivity index (χ2v) is 4.83. The second kappa shape index (κ2) is 6.08. The number of benzene rings is 1. The fourth-order valence-electron chi connectivity index (χ4n) is 1.60. The Balaban J connectivity index is 1.90. The Kier molecular flexibility index (Phi) is 4.45. The second-order valence-electron chi connectivity index (χ2n) is 3.99. The van der Waals surface area contributed by atoms with E-state index in [1.165, 1.54) is 0 Å². The number of nitrogens with zero attached hydrogens (tertiary/aromatic N) is 1. The number of hydrogen-bond acceptors (Lipinski definition) is 3. The van der Waals surface area contributed by atoms with Gasteiger partial charge in [0.25, 0.3) is 5.91 Å². The zero-order chi connectivity index (χ0) is 13.8. The van der Waals surface area contributed by atoms with Gasteiger partial charge in [0.2, 0.25) is 0 Å². The van der Waals surface area contributed by atoms with Crippen molar-refractivity contribution in [3.05, 3.63) is 51.7 Å². The smallest absolute Gasteiger partial charge is 0.252 e. The summed E-state index contributed by atoms with van der Waals surface area (Å²) in [5, 5.41) is 3.60. The monoisotopic (exact) mass is 298 g/mol. The lowest BCUT2D eigenvalue weighted by atomic mass is 10.2. The predicted octanol–water partition coefficient (Wildman–Crippen LogP) is 3.26. The van der Waals surface area contributed by atoms with Crippen molar-refractivity contribution >= 4 is 29.1 Å². The predicted molar refractivity (Wildman–Crippen MR) is 73.7 cm³/mol. The van der Waals surface area contributed by atoms with Crippen LogP contribution in [0.15, 0.2) is 28.9 Å². The molecule has 4 nitrogen and oxygen atoms in total. The summed E-state index contributed by atoms with van der Waals surface area (Å²) in [4.78, 5) is 16.0. The minimum absolute atomic E-state index is 0.234. The molecule has 0 fully saturated rings. The van der Waals surface area contributed by atoms with Crippen molar-refractivity contribution in [3.63, 3.8) is 0 Å². The number of nitrogens with one attached hydrogen (secondary N) is 1. The van der Waals surface area contributed by atoms with Crippen LogP contribution < -0.4 is 5.32 Å². The van der Waals surface area contributed by atoms with Gasteiger partial charge in [-0.2, -0.15) is 0 Å². The molecule has 2 rings (SSSR count). The van der Waals surface area contributed by atoms with Gasteiger partial charge in [0, 0.05) is 24.9 Å². The summed E-state index contributed by atoms with van der Waals surface area (Å²) in [6, 6.07) is 4.77. The topological polar surface area (TPSA) is 55.1 Å². The summed E-state index contributed by atoms with van der Waals surface area (Å²) in [6.45, 7) is 2.24. The highest BCUT2D eigenvalue weighted by Crippen LogP contribution is 2.20. The van der Waals surface area contributed by atoms with Gasteiger partial charge in [-0.05, 0) is 18.2 Å². The van der Waals surface area contributed by atoms with Crippen molar-refractivity contribution in [3.8, 4) is 0 Å². The molecule has 0 atom stereocenters. The molecule has 0 aliphatic carbocycles. The molecule has 1 aromatic heterocycles. The van der Waals surface area contributed by atoms with Gasteiger partial charge in [-0.25, -0.2) is 4.98 Å². The lowest BCUT2D eigenvalue weighted by molar-refractivity contribution is 0.0954. The summed E-state index contributed by atoms with van der Waals surface area (Å²) in [6.07, 6.45) is 2.19. The first-order chi connectivity index (χ1) is 9.06. The largest absolute Gasteiger partial charge is 0.449 e. The number of aromatic nitrogens is 1. The molecule has 0 bridgehead atoms. The van der Waals surface area contributed by atoms with E-state index in [1.54, 1.807) is 31.4 Å². The fourth-order valence-corrected chi connectivity index (χ4v) is 2.09. The zero-order valence-corrected chi connectivity index (χ0v) is 11.8. The molecule has 100 valence electrons. The molecule has 1 aromatic carbocycles. The van der Waals surface area contributed by atoms with Gasteiger partial charge in [-0.15, -0.1) is 0 Å². The van der Waals surface area contributed by atoms with Crippen LogP contribution in [0.1, 0.15) is 21.9 Å². The van der Waals surface area contributed by atoms with E-state index in [-0.39, 0.29) is 5.91 Å². The number of rotatable bonds is 4. The van der Waals surface area contributed by atoms with Crippen molar-refractivity contribution in [2.45, 2.75) is 13.3 Å². The highest BCUT2D eigenvalue weighted by Gasteiger charge is 2.10. The number of hydrogen-bond donors (Lipinski definition) is 1. The fraction of sp³-hybridized carbons (Fsp3) is 0.231. The van der Waals surface area contributed by atoms with Crippen LogP contribution in [0.4, 0.5) is 0 Å². The molecular weight excluding hydrogens is 287 g/mol. The van der Waals surface area contributed by atoms with E-state index < -0.39 is 0 Å².